The number of benzene rings is 2. The second kappa shape index (κ2) is 5.06. The number of rotatable bonds is 3. The van der Waals surface area contributed by atoms with Gasteiger partial charge in [-0.05, 0) is 24.3 Å². The average molecular weight is 242 g/mol. The minimum atomic E-state index is -1.08. The molecule has 2 rings (SSSR count). The van der Waals surface area contributed by atoms with Gasteiger partial charge in [0.05, 0.1) is 0 Å². The Balaban J connectivity index is 2.33. The van der Waals surface area contributed by atoms with Crippen molar-refractivity contribution in [2.75, 3.05) is 11.5 Å². The van der Waals surface area contributed by atoms with Crippen molar-refractivity contribution < 1.29 is 0 Å². The quantitative estimate of drug-likeness (QED) is 0.628. The van der Waals surface area contributed by atoms with Gasteiger partial charge in [0.1, 0.15) is 8.80 Å². The fraction of sp³-hybridized carbons (Fsp3) is 0.143. The third-order valence-corrected chi connectivity index (χ3v) is 6.28. The second-order valence-electron chi connectivity index (χ2n) is 4.29. The lowest BCUT2D eigenvalue weighted by Gasteiger charge is -2.14. The van der Waals surface area contributed by atoms with Gasteiger partial charge in [-0.25, -0.2) is 0 Å². The molecule has 0 amide bonds. The first-order valence-electron chi connectivity index (χ1n) is 5.91. The maximum atomic E-state index is 5.73. The molecule has 0 aromatic heterocycles. The highest BCUT2D eigenvalue weighted by Gasteiger charge is 2.13. The van der Waals surface area contributed by atoms with Gasteiger partial charge in [0.15, 0.2) is 0 Å². The molecule has 0 bridgehead atoms. The Hall–Kier alpha value is -1.74. The van der Waals surface area contributed by atoms with E-state index in [2.05, 4.69) is 31.2 Å². The molecule has 2 nitrogen and oxygen atoms in total. The summed E-state index contributed by atoms with van der Waals surface area (Å²) >= 11 is 0. The van der Waals surface area contributed by atoms with Crippen LogP contribution in [0.5, 0.6) is 0 Å². The molecule has 88 valence electrons. The van der Waals surface area contributed by atoms with Gasteiger partial charge in [0.2, 0.25) is 0 Å². The molecule has 0 radical (unpaired) electrons. The number of nitrogens with two attached hydrogens (primary N) is 2. The molecule has 17 heavy (non-hydrogen) atoms. The summed E-state index contributed by atoms with van der Waals surface area (Å²) in [5, 5.41) is 2.87. The van der Waals surface area contributed by atoms with E-state index in [4.69, 9.17) is 11.5 Å². The summed E-state index contributed by atoms with van der Waals surface area (Å²) in [7, 11) is -1.08. The molecule has 0 aliphatic heterocycles. The van der Waals surface area contributed by atoms with E-state index in [1.807, 2.05) is 24.3 Å². The molecule has 0 unspecified atom stereocenters. The van der Waals surface area contributed by atoms with Gasteiger partial charge in [-0.2, -0.15) is 0 Å². The Morgan fingerprint density at radius 1 is 0.765 bits per heavy atom. The minimum Gasteiger partial charge on any atom is -0.399 e. The lowest BCUT2D eigenvalue weighted by Crippen LogP contribution is -2.41. The molecular formula is C14H18N2Si. The standard InChI is InChI=1S/C14H18N2Si/c1-2-17(13-7-3-11(15)4-8-13)14-9-5-12(16)6-10-14/h3-10,17H,2,15-16H2,1H3. The first kappa shape index (κ1) is 11.7. The van der Waals surface area contributed by atoms with E-state index >= 15 is 0 Å². The Labute approximate surface area is 104 Å². The molecule has 0 atom stereocenters. The van der Waals surface area contributed by atoms with Crippen molar-refractivity contribution in [3.8, 4) is 0 Å². The van der Waals surface area contributed by atoms with Crippen LogP contribution in [0, 0.1) is 0 Å². The van der Waals surface area contributed by atoms with Crippen molar-refractivity contribution in [3.63, 3.8) is 0 Å². The zero-order chi connectivity index (χ0) is 12.3. The van der Waals surface area contributed by atoms with Crippen LogP contribution in [-0.4, -0.2) is 8.80 Å². The summed E-state index contributed by atoms with van der Waals surface area (Å²) in [5.74, 6) is 0. The highest BCUT2D eigenvalue weighted by atomic mass is 28.3. The molecule has 4 N–H and O–H groups in total. The van der Waals surface area contributed by atoms with Crippen molar-refractivity contribution in [1.82, 2.24) is 0 Å². The summed E-state index contributed by atoms with van der Waals surface area (Å²) in [4.78, 5) is 0. The maximum Gasteiger partial charge on any atom is 0.102 e. The van der Waals surface area contributed by atoms with Crippen LogP contribution in [0.3, 0.4) is 0 Å². The molecule has 2 aromatic carbocycles. The van der Waals surface area contributed by atoms with Gasteiger partial charge in [-0.3, -0.25) is 0 Å². The van der Waals surface area contributed by atoms with Crippen LogP contribution in [0.25, 0.3) is 0 Å². The first-order valence-corrected chi connectivity index (χ1v) is 7.88. The molecule has 3 heteroatoms. The minimum absolute atomic E-state index is 0.829. The van der Waals surface area contributed by atoms with Crippen LogP contribution < -0.4 is 21.8 Å². The summed E-state index contributed by atoms with van der Waals surface area (Å²) < 4.78 is 0. The number of anilines is 2. The Morgan fingerprint density at radius 3 is 1.41 bits per heavy atom. The van der Waals surface area contributed by atoms with E-state index in [1.165, 1.54) is 16.4 Å². The molecule has 0 fully saturated rings. The zero-order valence-electron chi connectivity index (χ0n) is 10.1. The van der Waals surface area contributed by atoms with Crippen LogP contribution in [0.2, 0.25) is 6.04 Å². The van der Waals surface area contributed by atoms with E-state index < -0.39 is 8.80 Å². The van der Waals surface area contributed by atoms with Crippen LogP contribution in [0.15, 0.2) is 48.5 Å². The topological polar surface area (TPSA) is 52.0 Å². The molecule has 0 aliphatic carbocycles. The second-order valence-corrected chi connectivity index (χ2v) is 7.55. The average Bonchev–Trinajstić information content (AvgIpc) is 2.35. The Morgan fingerprint density at radius 2 is 1.12 bits per heavy atom. The van der Waals surface area contributed by atoms with Crippen molar-refractivity contribution in [3.05, 3.63) is 48.5 Å². The van der Waals surface area contributed by atoms with Crippen LogP contribution in [-0.2, 0) is 0 Å². The SMILES string of the molecule is CC[SiH](c1ccc(N)cc1)c1ccc(N)cc1. The molecule has 2 aromatic rings. The van der Waals surface area contributed by atoms with Gasteiger partial charge < -0.3 is 11.5 Å². The van der Waals surface area contributed by atoms with E-state index in [0.717, 1.165) is 11.4 Å². The summed E-state index contributed by atoms with van der Waals surface area (Å²) in [5.41, 5.74) is 13.1. The van der Waals surface area contributed by atoms with Crippen molar-refractivity contribution in [2.24, 2.45) is 0 Å². The van der Waals surface area contributed by atoms with Crippen LogP contribution in [0.1, 0.15) is 6.92 Å². The number of nitrogen functional groups attached to an aromatic ring is 2. The summed E-state index contributed by atoms with van der Waals surface area (Å²) in [6.45, 7) is 2.25. The molecule has 0 saturated heterocycles. The number of hydrogen-bond donors (Lipinski definition) is 2. The maximum absolute atomic E-state index is 5.73. The largest absolute Gasteiger partial charge is 0.399 e. The van der Waals surface area contributed by atoms with Gasteiger partial charge in [-0.1, -0.05) is 47.6 Å². The Kier molecular flexibility index (Phi) is 3.49. The molecule has 0 heterocycles. The van der Waals surface area contributed by atoms with Crippen LogP contribution in [0.4, 0.5) is 11.4 Å². The van der Waals surface area contributed by atoms with E-state index in [-0.39, 0.29) is 0 Å². The van der Waals surface area contributed by atoms with Gasteiger partial charge in [-0.15, -0.1) is 0 Å². The lowest BCUT2D eigenvalue weighted by atomic mass is 10.3. The predicted molar refractivity (Wildman–Crippen MR) is 78.6 cm³/mol. The summed E-state index contributed by atoms with van der Waals surface area (Å²) in [6.07, 6.45) is 0. The normalized spacial score (nSPS) is 10.7. The highest BCUT2D eigenvalue weighted by Crippen LogP contribution is 2.03. The van der Waals surface area contributed by atoms with Crippen molar-refractivity contribution in [2.45, 2.75) is 13.0 Å². The monoisotopic (exact) mass is 242 g/mol. The fourth-order valence-electron chi connectivity index (χ4n) is 2.12. The summed E-state index contributed by atoms with van der Waals surface area (Å²) in [6, 6.07) is 17.8. The first-order chi connectivity index (χ1) is 8.20. The number of hydrogen-bond acceptors (Lipinski definition) is 2. The van der Waals surface area contributed by atoms with E-state index in [1.54, 1.807) is 0 Å². The zero-order valence-corrected chi connectivity index (χ0v) is 11.2. The van der Waals surface area contributed by atoms with Crippen LogP contribution >= 0.6 is 0 Å². The van der Waals surface area contributed by atoms with E-state index in [9.17, 15) is 0 Å². The molecule has 0 spiro atoms. The van der Waals surface area contributed by atoms with Gasteiger partial charge in [0, 0.05) is 11.4 Å². The fourth-order valence-corrected chi connectivity index (χ4v) is 4.76. The predicted octanol–water partition coefficient (Wildman–Crippen LogP) is 1.21. The van der Waals surface area contributed by atoms with Crippen molar-refractivity contribution in [1.29, 1.82) is 0 Å². The third kappa shape index (κ3) is 2.68. The lowest BCUT2D eigenvalue weighted by molar-refractivity contribution is 1.43. The molecule has 0 aliphatic rings. The van der Waals surface area contributed by atoms with Crippen molar-refractivity contribution >= 4 is 30.5 Å². The smallest absolute Gasteiger partial charge is 0.102 e. The third-order valence-electron chi connectivity index (χ3n) is 3.09. The van der Waals surface area contributed by atoms with Gasteiger partial charge in [0.25, 0.3) is 0 Å². The molecular weight excluding hydrogens is 224 g/mol. The van der Waals surface area contributed by atoms with Gasteiger partial charge >= 0.3 is 0 Å². The molecule has 0 saturated carbocycles. The highest BCUT2D eigenvalue weighted by molar-refractivity contribution is 6.85. The van der Waals surface area contributed by atoms with E-state index in [0.29, 0.717) is 0 Å². The Bertz CT molecular complexity index is 431.